The lowest BCUT2D eigenvalue weighted by Crippen LogP contribution is -2.19. The molecule has 1 atom stereocenters. The lowest BCUT2D eigenvalue weighted by molar-refractivity contribution is -0.137. The molecule has 0 aliphatic heterocycles. The van der Waals surface area contributed by atoms with Crippen LogP contribution in [0.2, 0.25) is 0 Å². The van der Waals surface area contributed by atoms with E-state index in [1.807, 2.05) is 37.3 Å². The Bertz CT molecular complexity index is 596. The van der Waals surface area contributed by atoms with Crippen LogP contribution in [0, 0.1) is 0 Å². The summed E-state index contributed by atoms with van der Waals surface area (Å²) in [5.41, 5.74) is 0.939. The Morgan fingerprint density at radius 2 is 1.76 bits per heavy atom. The Hall–Kier alpha value is -1.49. The van der Waals surface area contributed by atoms with Crippen LogP contribution in [0.1, 0.15) is 18.1 Å². The smallest absolute Gasteiger partial charge is 0.381 e. The van der Waals surface area contributed by atoms with Crippen molar-refractivity contribution in [2.24, 2.45) is 0 Å². The van der Waals surface area contributed by atoms with E-state index < -0.39 is 11.7 Å². The molecule has 0 radical (unpaired) electrons. The molecule has 1 nitrogen and oxygen atoms in total. The molecule has 0 aromatic heterocycles. The second-order valence-electron chi connectivity index (χ2n) is 4.93. The topological polar surface area (TPSA) is 12.0 Å². The van der Waals surface area contributed by atoms with Crippen LogP contribution in [0.4, 0.5) is 18.9 Å². The standard InChI is InChI=1S/C16H15BrF3N/c1-11(9-12-5-3-2-4-6-12)21-15-10-13(16(18,19)20)7-8-14(15)17/h2-8,10-11,21H,9H2,1H3. The minimum atomic E-state index is -4.33. The molecule has 0 aliphatic carbocycles. The van der Waals surface area contributed by atoms with Gasteiger partial charge in [-0.1, -0.05) is 30.3 Å². The van der Waals surface area contributed by atoms with E-state index in [1.165, 1.54) is 6.07 Å². The fraction of sp³-hybridized carbons (Fsp3) is 0.250. The summed E-state index contributed by atoms with van der Waals surface area (Å²) in [5.74, 6) is 0. The maximum Gasteiger partial charge on any atom is 0.416 e. The maximum absolute atomic E-state index is 12.7. The summed E-state index contributed by atoms with van der Waals surface area (Å²) in [6.45, 7) is 1.94. The van der Waals surface area contributed by atoms with Crippen molar-refractivity contribution in [3.8, 4) is 0 Å². The van der Waals surface area contributed by atoms with Crippen molar-refractivity contribution < 1.29 is 13.2 Å². The Balaban J connectivity index is 2.11. The molecule has 0 amide bonds. The van der Waals surface area contributed by atoms with Crippen LogP contribution in [-0.2, 0) is 12.6 Å². The van der Waals surface area contributed by atoms with Crippen LogP contribution in [0.5, 0.6) is 0 Å². The first kappa shape index (κ1) is 15.9. The molecular weight excluding hydrogens is 343 g/mol. The molecule has 2 rings (SSSR count). The van der Waals surface area contributed by atoms with E-state index in [2.05, 4.69) is 21.2 Å². The summed E-state index contributed by atoms with van der Waals surface area (Å²) in [7, 11) is 0. The first-order valence-electron chi connectivity index (χ1n) is 6.53. The van der Waals surface area contributed by atoms with E-state index in [1.54, 1.807) is 0 Å². The summed E-state index contributed by atoms with van der Waals surface area (Å²) < 4.78 is 38.8. The molecule has 1 unspecified atom stereocenters. The number of rotatable bonds is 4. The van der Waals surface area contributed by atoms with Crippen LogP contribution in [-0.4, -0.2) is 6.04 Å². The van der Waals surface area contributed by atoms with Gasteiger partial charge in [-0.25, -0.2) is 0 Å². The Morgan fingerprint density at radius 1 is 1.10 bits per heavy atom. The summed E-state index contributed by atoms with van der Waals surface area (Å²) in [4.78, 5) is 0. The lowest BCUT2D eigenvalue weighted by Gasteiger charge is -2.18. The minimum Gasteiger partial charge on any atom is -0.381 e. The molecule has 1 N–H and O–H groups in total. The van der Waals surface area contributed by atoms with Gasteiger partial charge in [0.05, 0.1) is 5.56 Å². The van der Waals surface area contributed by atoms with Crippen LogP contribution in [0.25, 0.3) is 0 Å². The van der Waals surface area contributed by atoms with Crippen molar-refractivity contribution in [1.29, 1.82) is 0 Å². The SMILES string of the molecule is CC(Cc1ccccc1)Nc1cc(C(F)(F)F)ccc1Br. The minimum absolute atomic E-state index is 0.0205. The third kappa shape index (κ3) is 4.49. The van der Waals surface area contributed by atoms with Crippen molar-refractivity contribution >= 4 is 21.6 Å². The first-order chi connectivity index (χ1) is 9.86. The van der Waals surface area contributed by atoms with E-state index in [9.17, 15) is 13.2 Å². The van der Waals surface area contributed by atoms with E-state index in [0.717, 1.165) is 24.1 Å². The highest BCUT2D eigenvalue weighted by Gasteiger charge is 2.31. The van der Waals surface area contributed by atoms with Crippen molar-refractivity contribution in [3.05, 3.63) is 64.1 Å². The van der Waals surface area contributed by atoms with Gasteiger partial charge < -0.3 is 5.32 Å². The third-order valence-corrected chi connectivity index (χ3v) is 3.77. The van der Waals surface area contributed by atoms with Gasteiger partial charge in [0.15, 0.2) is 0 Å². The number of hydrogen-bond donors (Lipinski definition) is 1. The van der Waals surface area contributed by atoms with Gasteiger partial charge in [0.25, 0.3) is 0 Å². The first-order valence-corrected chi connectivity index (χ1v) is 7.33. The van der Waals surface area contributed by atoms with Crippen molar-refractivity contribution in [2.45, 2.75) is 25.6 Å². The molecule has 112 valence electrons. The van der Waals surface area contributed by atoms with Gasteiger partial charge in [0, 0.05) is 16.2 Å². The Kier molecular flexibility index (Phi) is 4.93. The number of nitrogens with one attached hydrogen (secondary N) is 1. The summed E-state index contributed by atoms with van der Waals surface area (Å²) in [5, 5.41) is 3.12. The molecule has 2 aromatic carbocycles. The zero-order valence-electron chi connectivity index (χ0n) is 11.4. The molecule has 21 heavy (non-hydrogen) atoms. The van der Waals surface area contributed by atoms with E-state index in [-0.39, 0.29) is 6.04 Å². The monoisotopic (exact) mass is 357 g/mol. The molecule has 0 spiro atoms. The zero-order valence-corrected chi connectivity index (χ0v) is 13.0. The van der Waals surface area contributed by atoms with Gasteiger partial charge in [-0.2, -0.15) is 13.2 Å². The van der Waals surface area contributed by atoms with Gasteiger partial charge in [0.2, 0.25) is 0 Å². The average Bonchev–Trinajstić information content (AvgIpc) is 2.41. The molecule has 0 heterocycles. The van der Waals surface area contributed by atoms with Gasteiger partial charge in [-0.3, -0.25) is 0 Å². The van der Waals surface area contributed by atoms with Gasteiger partial charge in [0.1, 0.15) is 0 Å². The molecule has 0 saturated carbocycles. The molecule has 2 aromatic rings. The predicted octanol–water partition coefficient (Wildman–Crippen LogP) is 5.51. The van der Waals surface area contributed by atoms with Crippen molar-refractivity contribution in [1.82, 2.24) is 0 Å². The number of halogens is 4. The highest BCUT2D eigenvalue weighted by molar-refractivity contribution is 9.10. The van der Waals surface area contributed by atoms with Gasteiger partial charge in [-0.15, -0.1) is 0 Å². The van der Waals surface area contributed by atoms with Gasteiger partial charge >= 0.3 is 6.18 Å². The van der Waals surface area contributed by atoms with Crippen LogP contribution in [0.15, 0.2) is 53.0 Å². The predicted molar refractivity (Wildman–Crippen MR) is 82.4 cm³/mol. The maximum atomic E-state index is 12.7. The second kappa shape index (κ2) is 6.52. The fourth-order valence-corrected chi connectivity index (χ4v) is 2.46. The molecule has 0 saturated heterocycles. The summed E-state index contributed by atoms with van der Waals surface area (Å²) in [6.07, 6.45) is -3.59. The summed E-state index contributed by atoms with van der Waals surface area (Å²) in [6, 6.07) is 13.5. The van der Waals surface area contributed by atoms with Crippen molar-refractivity contribution in [3.63, 3.8) is 0 Å². The zero-order chi connectivity index (χ0) is 15.5. The Labute approximate surface area is 130 Å². The Morgan fingerprint density at radius 3 is 2.38 bits per heavy atom. The highest BCUT2D eigenvalue weighted by Crippen LogP contribution is 2.34. The van der Waals surface area contributed by atoms with Crippen LogP contribution >= 0.6 is 15.9 Å². The molecule has 5 heteroatoms. The molecule has 0 aliphatic rings. The van der Waals surface area contributed by atoms with Crippen LogP contribution < -0.4 is 5.32 Å². The molecular formula is C16H15BrF3N. The molecule has 0 bridgehead atoms. The lowest BCUT2D eigenvalue weighted by atomic mass is 10.1. The molecule has 0 fully saturated rings. The quantitative estimate of drug-likeness (QED) is 0.760. The van der Waals surface area contributed by atoms with E-state index in [0.29, 0.717) is 10.2 Å². The highest BCUT2D eigenvalue weighted by atomic mass is 79.9. The van der Waals surface area contributed by atoms with E-state index in [4.69, 9.17) is 0 Å². The summed E-state index contributed by atoms with van der Waals surface area (Å²) >= 11 is 3.28. The van der Waals surface area contributed by atoms with Gasteiger partial charge in [-0.05, 0) is 53.0 Å². The number of alkyl halides is 3. The average molecular weight is 358 g/mol. The number of benzene rings is 2. The normalized spacial score (nSPS) is 13.0. The third-order valence-electron chi connectivity index (χ3n) is 3.08. The van der Waals surface area contributed by atoms with Crippen molar-refractivity contribution in [2.75, 3.05) is 5.32 Å². The van der Waals surface area contributed by atoms with E-state index >= 15 is 0 Å². The van der Waals surface area contributed by atoms with Crippen LogP contribution in [0.3, 0.4) is 0 Å². The number of hydrogen-bond acceptors (Lipinski definition) is 1. The second-order valence-corrected chi connectivity index (χ2v) is 5.78. The fourth-order valence-electron chi connectivity index (χ4n) is 2.10. The largest absolute Gasteiger partial charge is 0.416 e. The number of anilines is 1.